The van der Waals surface area contributed by atoms with Gasteiger partial charge in [0.1, 0.15) is 10.8 Å². The zero-order chi connectivity index (χ0) is 12.5. The van der Waals surface area contributed by atoms with Crippen molar-refractivity contribution >= 4 is 21.6 Å². The average Bonchev–Trinajstić information content (AvgIpc) is 2.82. The van der Waals surface area contributed by atoms with E-state index in [2.05, 4.69) is 4.98 Å². The maximum Gasteiger partial charge on any atom is 0.128 e. The lowest BCUT2D eigenvalue weighted by Crippen LogP contribution is -1.85. The maximum absolute atomic E-state index is 9.89. The Morgan fingerprint density at radius 3 is 2.72 bits per heavy atom. The predicted octanol–water partition coefficient (Wildman–Crippen LogP) is 3.16. The summed E-state index contributed by atoms with van der Waals surface area (Å²) in [6.07, 6.45) is 0. The lowest BCUT2D eigenvalue weighted by Gasteiger charge is -2.03. The van der Waals surface area contributed by atoms with Gasteiger partial charge in [-0.2, -0.15) is 0 Å². The molecule has 3 nitrogen and oxygen atoms in total. The second kappa shape index (κ2) is 4.40. The first-order chi connectivity index (χ1) is 8.78. The van der Waals surface area contributed by atoms with Crippen LogP contribution in [0, 0.1) is 0 Å². The molecule has 0 radical (unpaired) electrons. The van der Waals surface area contributed by atoms with Gasteiger partial charge in [0, 0.05) is 0 Å². The summed E-state index contributed by atoms with van der Waals surface area (Å²) in [6.45, 7) is -0.0435. The highest BCUT2D eigenvalue weighted by molar-refractivity contribution is 7.21. The Morgan fingerprint density at radius 1 is 1.11 bits per heavy atom. The van der Waals surface area contributed by atoms with E-state index < -0.39 is 0 Å². The first-order valence-electron chi connectivity index (χ1n) is 5.56. The highest BCUT2D eigenvalue weighted by atomic mass is 32.1. The molecule has 4 heteroatoms. The zero-order valence-corrected chi connectivity index (χ0v) is 10.3. The van der Waals surface area contributed by atoms with E-state index >= 15 is 0 Å². The van der Waals surface area contributed by atoms with Crippen LogP contribution in [0.2, 0.25) is 0 Å². The van der Waals surface area contributed by atoms with Gasteiger partial charge in [0.15, 0.2) is 0 Å². The summed E-state index contributed by atoms with van der Waals surface area (Å²) in [5, 5.41) is 19.8. The molecule has 90 valence electrons. The number of hydrogen-bond acceptors (Lipinski definition) is 4. The Kier molecular flexibility index (Phi) is 2.74. The molecule has 2 aromatic carbocycles. The second-order valence-electron chi connectivity index (χ2n) is 4.00. The molecule has 3 aromatic rings. The third-order valence-electron chi connectivity index (χ3n) is 2.77. The van der Waals surface area contributed by atoms with Gasteiger partial charge in [0.05, 0.1) is 22.4 Å². The number of para-hydroxylation sites is 1. The summed E-state index contributed by atoms with van der Waals surface area (Å²) >= 11 is 1.53. The smallest absolute Gasteiger partial charge is 0.128 e. The molecule has 0 aliphatic heterocycles. The minimum atomic E-state index is -0.0435. The molecule has 1 aromatic heterocycles. The number of phenols is 1. The van der Waals surface area contributed by atoms with Crippen LogP contribution in [0.1, 0.15) is 5.56 Å². The van der Waals surface area contributed by atoms with Crippen LogP contribution in [0.15, 0.2) is 42.5 Å². The summed E-state index contributed by atoms with van der Waals surface area (Å²) in [5.41, 5.74) is 2.36. The molecule has 1 heterocycles. The van der Waals surface area contributed by atoms with Crippen molar-refractivity contribution in [2.24, 2.45) is 0 Å². The molecule has 0 fully saturated rings. The monoisotopic (exact) mass is 257 g/mol. The van der Waals surface area contributed by atoms with E-state index in [0.717, 1.165) is 20.8 Å². The number of benzene rings is 2. The Balaban J connectivity index is 2.19. The van der Waals surface area contributed by atoms with E-state index in [0.29, 0.717) is 5.56 Å². The predicted molar refractivity (Wildman–Crippen MR) is 72.6 cm³/mol. The fourth-order valence-corrected chi connectivity index (χ4v) is 2.83. The third-order valence-corrected chi connectivity index (χ3v) is 3.84. The molecular weight excluding hydrogens is 246 g/mol. The molecule has 0 amide bonds. The first kappa shape index (κ1) is 11.2. The van der Waals surface area contributed by atoms with E-state index in [1.54, 1.807) is 18.2 Å². The Bertz CT molecular complexity index is 673. The normalized spacial score (nSPS) is 10.9. The van der Waals surface area contributed by atoms with Crippen LogP contribution in [0.3, 0.4) is 0 Å². The average molecular weight is 257 g/mol. The Hall–Kier alpha value is -1.91. The standard InChI is InChI=1S/C14H11NO2S/c16-8-9-5-6-12(17)10(7-9)14-15-11-3-1-2-4-13(11)18-14/h1-7,16-17H,8H2. The van der Waals surface area contributed by atoms with Crippen LogP contribution >= 0.6 is 11.3 Å². The molecule has 0 bridgehead atoms. The number of rotatable bonds is 2. The van der Waals surface area contributed by atoms with Crippen molar-refractivity contribution in [3.8, 4) is 16.3 Å². The number of hydrogen-bond donors (Lipinski definition) is 2. The van der Waals surface area contributed by atoms with Crippen LogP contribution in [-0.2, 0) is 6.61 Å². The van der Waals surface area contributed by atoms with E-state index in [-0.39, 0.29) is 12.4 Å². The van der Waals surface area contributed by atoms with Crippen LogP contribution in [0.5, 0.6) is 5.75 Å². The largest absolute Gasteiger partial charge is 0.507 e. The van der Waals surface area contributed by atoms with Crippen LogP contribution in [0.4, 0.5) is 0 Å². The van der Waals surface area contributed by atoms with Crippen molar-refractivity contribution in [1.29, 1.82) is 0 Å². The lowest BCUT2D eigenvalue weighted by molar-refractivity contribution is 0.282. The molecule has 3 rings (SSSR count). The summed E-state index contributed by atoms with van der Waals surface area (Å²) in [7, 11) is 0. The highest BCUT2D eigenvalue weighted by Crippen LogP contribution is 2.35. The number of nitrogens with zero attached hydrogens (tertiary/aromatic N) is 1. The van der Waals surface area contributed by atoms with E-state index in [1.165, 1.54) is 11.3 Å². The molecule has 18 heavy (non-hydrogen) atoms. The first-order valence-corrected chi connectivity index (χ1v) is 6.38. The Morgan fingerprint density at radius 2 is 1.94 bits per heavy atom. The van der Waals surface area contributed by atoms with Gasteiger partial charge in [0.25, 0.3) is 0 Å². The van der Waals surface area contributed by atoms with Gasteiger partial charge >= 0.3 is 0 Å². The topological polar surface area (TPSA) is 53.4 Å². The molecule has 0 saturated carbocycles. The van der Waals surface area contributed by atoms with Crippen molar-refractivity contribution in [3.63, 3.8) is 0 Å². The second-order valence-corrected chi connectivity index (χ2v) is 5.03. The molecule has 0 unspecified atom stereocenters. The number of aromatic nitrogens is 1. The number of thiazole rings is 1. The van der Waals surface area contributed by atoms with Crippen molar-refractivity contribution in [1.82, 2.24) is 4.98 Å². The molecule has 0 spiro atoms. The molecule has 0 aliphatic rings. The van der Waals surface area contributed by atoms with Gasteiger partial charge in [-0.1, -0.05) is 18.2 Å². The van der Waals surface area contributed by atoms with Gasteiger partial charge < -0.3 is 10.2 Å². The van der Waals surface area contributed by atoms with Crippen molar-refractivity contribution in [2.45, 2.75) is 6.61 Å². The molecule has 2 N–H and O–H groups in total. The summed E-state index contributed by atoms with van der Waals surface area (Å²) in [6, 6.07) is 12.9. The number of fused-ring (bicyclic) bond motifs is 1. The molecule has 0 aliphatic carbocycles. The summed E-state index contributed by atoms with van der Waals surface area (Å²) in [4.78, 5) is 4.50. The van der Waals surface area contributed by atoms with Gasteiger partial charge in [-0.3, -0.25) is 0 Å². The number of phenolic OH excluding ortho intramolecular Hbond substituents is 1. The zero-order valence-electron chi connectivity index (χ0n) is 9.50. The fourth-order valence-electron chi connectivity index (χ4n) is 1.84. The van der Waals surface area contributed by atoms with Crippen molar-refractivity contribution in [3.05, 3.63) is 48.0 Å². The SMILES string of the molecule is OCc1ccc(O)c(-c2nc3ccccc3s2)c1. The molecule has 0 saturated heterocycles. The minimum Gasteiger partial charge on any atom is -0.507 e. The van der Waals surface area contributed by atoms with Gasteiger partial charge in [0.2, 0.25) is 0 Å². The van der Waals surface area contributed by atoms with E-state index in [1.807, 2.05) is 24.3 Å². The van der Waals surface area contributed by atoms with E-state index in [9.17, 15) is 5.11 Å². The quantitative estimate of drug-likeness (QED) is 0.741. The van der Waals surface area contributed by atoms with Gasteiger partial charge in [-0.05, 0) is 29.8 Å². The fraction of sp³-hybridized carbons (Fsp3) is 0.0714. The molecular formula is C14H11NO2S. The summed E-state index contributed by atoms with van der Waals surface area (Å²) in [5.74, 6) is 0.186. The summed E-state index contributed by atoms with van der Waals surface area (Å²) < 4.78 is 1.08. The highest BCUT2D eigenvalue weighted by Gasteiger charge is 2.10. The van der Waals surface area contributed by atoms with Crippen LogP contribution in [0.25, 0.3) is 20.8 Å². The van der Waals surface area contributed by atoms with Crippen LogP contribution in [-0.4, -0.2) is 15.2 Å². The van der Waals surface area contributed by atoms with Gasteiger partial charge in [-0.15, -0.1) is 11.3 Å². The lowest BCUT2D eigenvalue weighted by atomic mass is 10.1. The maximum atomic E-state index is 9.89. The number of aliphatic hydroxyl groups is 1. The Labute approximate surface area is 108 Å². The number of aromatic hydroxyl groups is 1. The van der Waals surface area contributed by atoms with E-state index in [4.69, 9.17) is 5.11 Å². The van der Waals surface area contributed by atoms with Crippen molar-refractivity contribution < 1.29 is 10.2 Å². The number of aliphatic hydroxyl groups excluding tert-OH is 1. The molecule has 0 atom stereocenters. The minimum absolute atomic E-state index is 0.0435. The van der Waals surface area contributed by atoms with Crippen molar-refractivity contribution in [2.75, 3.05) is 0 Å². The van der Waals surface area contributed by atoms with Gasteiger partial charge in [-0.25, -0.2) is 4.98 Å². The van der Waals surface area contributed by atoms with Crippen LogP contribution < -0.4 is 0 Å². The third kappa shape index (κ3) is 1.85.